The molecule has 0 aromatic heterocycles. The van der Waals surface area contributed by atoms with Crippen LogP contribution in [-0.2, 0) is 14.3 Å². The fourth-order valence-electron chi connectivity index (χ4n) is 1.35. The lowest BCUT2D eigenvalue weighted by atomic mass is 10.0. The number of alkyl carbamates (subject to hydrolysis) is 1. The van der Waals surface area contributed by atoms with Crippen LogP contribution in [0.25, 0.3) is 0 Å². The lowest BCUT2D eigenvalue weighted by molar-refractivity contribution is -0.121. The van der Waals surface area contributed by atoms with Gasteiger partial charge in [-0.15, -0.1) is 0 Å². The maximum atomic E-state index is 11.7. The Labute approximate surface area is 119 Å². The molecule has 0 heterocycles. The summed E-state index contributed by atoms with van der Waals surface area (Å²) in [5.74, 6) is -0.441. The maximum Gasteiger partial charge on any atom is 0.408 e. The fraction of sp³-hybridized carbons (Fsp3) is 0.643. The van der Waals surface area contributed by atoms with Crippen LogP contribution in [0.15, 0.2) is 12.2 Å². The lowest BCUT2D eigenvalue weighted by Gasteiger charge is -2.20. The molecule has 0 spiro atoms. The smallest absolute Gasteiger partial charge is 0.408 e. The van der Waals surface area contributed by atoms with E-state index in [0.717, 1.165) is 0 Å². The molecule has 2 N–H and O–H groups in total. The molecule has 114 valence electrons. The number of carbonyl (C=O) groups is 3. The molecule has 0 bridgehead atoms. The number of ketones is 1. The summed E-state index contributed by atoms with van der Waals surface area (Å²) in [5, 5.41) is 4.99. The molecule has 0 aliphatic carbocycles. The molecule has 6 nitrogen and oxygen atoms in total. The Morgan fingerprint density at radius 3 is 2.15 bits per heavy atom. The summed E-state index contributed by atoms with van der Waals surface area (Å²) in [5.41, 5.74) is 0.0703. The van der Waals surface area contributed by atoms with E-state index in [9.17, 15) is 14.4 Å². The Kier molecular flexibility index (Phi) is 6.96. The number of Topliss-reactive ketones (excluding diaryl/α,β-unsaturated/α-hetero) is 1. The van der Waals surface area contributed by atoms with Gasteiger partial charge in [-0.2, -0.15) is 0 Å². The second-order valence-corrected chi connectivity index (χ2v) is 5.73. The summed E-state index contributed by atoms with van der Waals surface area (Å²) in [6.07, 6.45) is -0.473. The molecule has 2 amide bonds. The first-order valence-corrected chi connectivity index (χ1v) is 6.42. The normalized spacial score (nSPS) is 12.2. The van der Waals surface area contributed by atoms with E-state index in [1.807, 2.05) is 0 Å². The lowest BCUT2D eigenvalue weighted by Crippen LogP contribution is -2.44. The molecule has 0 radical (unpaired) electrons. The zero-order valence-corrected chi connectivity index (χ0v) is 12.8. The van der Waals surface area contributed by atoms with Gasteiger partial charge in [-0.05, 0) is 34.6 Å². The van der Waals surface area contributed by atoms with E-state index >= 15 is 0 Å². The van der Waals surface area contributed by atoms with Crippen LogP contribution in [0.5, 0.6) is 0 Å². The minimum atomic E-state index is -0.661. The monoisotopic (exact) mass is 284 g/mol. The van der Waals surface area contributed by atoms with E-state index in [1.54, 1.807) is 27.7 Å². The van der Waals surface area contributed by atoms with Gasteiger partial charge < -0.3 is 15.4 Å². The number of ether oxygens (including phenoxy) is 1. The van der Waals surface area contributed by atoms with Gasteiger partial charge >= 0.3 is 6.09 Å². The summed E-state index contributed by atoms with van der Waals surface area (Å²) in [6, 6.07) is -0.416. The predicted molar refractivity (Wildman–Crippen MR) is 76.3 cm³/mol. The summed E-state index contributed by atoms with van der Waals surface area (Å²) in [7, 11) is 0. The standard InChI is InChI=1S/C14H24N2O4/c1-9(2)11(7-10(3)17)16-12(18)8-15-13(19)20-14(4,5)6/h11H,1,7-8H2,2-6H3,(H,15,19)(H,16,18)/t11-/m0/s1. The molecular weight excluding hydrogens is 260 g/mol. The van der Waals surface area contributed by atoms with Gasteiger partial charge in [0.2, 0.25) is 5.91 Å². The molecule has 0 aliphatic heterocycles. The topological polar surface area (TPSA) is 84.5 Å². The first-order chi connectivity index (χ1) is 9.01. The van der Waals surface area contributed by atoms with Crippen molar-refractivity contribution in [2.24, 2.45) is 0 Å². The van der Waals surface area contributed by atoms with Gasteiger partial charge in [-0.1, -0.05) is 12.2 Å². The Hall–Kier alpha value is -1.85. The molecule has 0 aromatic rings. The predicted octanol–water partition coefficient (Wildman–Crippen LogP) is 1.55. The zero-order chi connectivity index (χ0) is 15.9. The van der Waals surface area contributed by atoms with Crippen LogP contribution in [0.3, 0.4) is 0 Å². The third-order valence-corrected chi connectivity index (χ3v) is 2.21. The van der Waals surface area contributed by atoms with Gasteiger partial charge in [-0.25, -0.2) is 4.79 Å². The number of hydrogen-bond donors (Lipinski definition) is 2. The third-order valence-electron chi connectivity index (χ3n) is 2.21. The van der Waals surface area contributed by atoms with Crippen molar-refractivity contribution < 1.29 is 19.1 Å². The first-order valence-electron chi connectivity index (χ1n) is 6.42. The quantitative estimate of drug-likeness (QED) is 0.725. The van der Waals surface area contributed by atoms with Crippen molar-refractivity contribution in [3.05, 3.63) is 12.2 Å². The van der Waals surface area contributed by atoms with Crippen LogP contribution in [0.1, 0.15) is 41.0 Å². The van der Waals surface area contributed by atoms with Crippen LogP contribution < -0.4 is 10.6 Å². The van der Waals surface area contributed by atoms with E-state index < -0.39 is 23.6 Å². The highest BCUT2D eigenvalue weighted by molar-refractivity contribution is 5.84. The first kappa shape index (κ1) is 18.1. The van der Waals surface area contributed by atoms with Crippen molar-refractivity contribution in [2.45, 2.75) is 52.7 Å². The van der Waals surface area contributed by atoms with Gasteiger partial charge in [0, 0.05) is 6.42 Å². The number of nitrogens with one attached hydrogen (secondary N) is 2. The average Bonchev–Trinajstić information content (AvgIpc) is 2.22. The van der Waals surface area contributed by atoms with Crippen molar-refractivity contribution >= 4 is 17.8 Å². The highest BCUT2D eigenvalue weighted by Crippen LogP contribution is 2.06. The van der Waals surface area contributed by atoms with Gasteiger partial charge in [0.1, 0.15) is 17.9 Å². The average molecular weight is 284 g/mol. The Balaban J connectivity index is 4.24. The largest absolute Gasteiger partial charge is 0.444 e. The molecular formula is C14H24N2O4. The zero-order valence-electron chi connectivity index (χ0n) is 12.8. The van der Waals surface area contributed by atoms with Gasteiger partial charge in [0.05, 0.1) is 6.04 Å². The van der Waals surface area contributed by atoms with Crippen LogP contribution in [-0.4, -0.2) is 36.0 Å². The molecule has 0 unspecified atom stereocenters. The SMILES string of the molecule is C=C(C)[C@H](CC(C)=O)NC(=O)CNC(=O)OC(C)(C)C. The van der Waals surface area contributed by atoms with Crippen LogP contribution in [0, 0.1) is 0 Å². The molecule has 1 atom stereocenters. The van der Waals surface area contributed by atoms with E-state index in [2.05, 4.69) is 17.2 Å². The van der Waals surface area contributed by atoms with E-state index in [1.165, 1.54) is 6.92 Å². The number of hydrogen-bond acceptors (Lipinski definition) is 4. The van der Waals surface area contributed by atoms with E-state index in [4.69, 9.17) is 4.74 Å². The van der Waals surface area contributed by atoms with Crippen molar-refractivity contribution in [1.29, 1.82) is 0 Å². The Morgan fingerprint density at radius 1 is 1.20 bits per heavy atom. The number of amides is 2. The Bertz CT molecular complexity index is 396. The highest BCUT2D eigenvalue weighted by Gasteiger charge is 2.18. The summed E-state index contributed by atoms with van der Waals surface area (Å²) in [6.45, 7) is 11.9. The Morgan fingerprint density at radius 2 is 1.75 bits per heavy atom. The minimum absolute atomic E-state index is 0.0431. The van der Waals surface area contributed by atoms with Crippen LogP contribution >= 0.6 is 0 Å². The number of carbonyl (C=O) groups excluding carboxylic acids is 3. The summed E-state index contributed by atoms with van der Waals surface area (Å²) >= 11 is 0. The van der Waals surface area contributed by atoms with Gasteiger partial charge in [-0.3, -0.25) is 9.59 Å². The maximum absolute atomic E-state index is 11.7. The summed E-state index contributed by atoms with van der Waals surface area (Å²) in [4.78, 5) is 34.1. The molecule has 0 aromatic carbocycles. The van der Waals surface area contributed by atoms with Crippen molar-refractivity contribution in [1.82, 2.24) is 10.6 Å². The van der Waals surface area contributed by atoms with Crippen molar-refractivity contribution in [2.75, 3.05) is 6.54 Å². The molecule has 0 rings (SSSR count). The second kappa shape index (κ2) is 7.67. The molecule has 0 saturated heterocycles. The van der Waals surface area contributed by atoms with E-state index in [-0.39, 0.29) is 18.7 Å². The third kappa shape index (κ3) is 9.13. The van der Waals surface area contributed by atoms with Gasteiger partial charge in [0.25, 0.3) is 0 Å². The molecule has 0 aliphatic rings. The second-order valence-electron chi connectivity index (χ2n) is 5.73. The van der Waals surface area contributed by atoms with Gasteiger partial charge in [0.15, 0.2) is 0 Å². The highest BCUT2D eigenvalue weighted by atomic mass is 16.6. The van der Waals surface area contributed by atoms with Crippen LogP contribution in [0.4, 0.5) is 4.79 Å². The minimum Gasteiger partial charge on any atom is -0.444 e. The van der Waals surface area contributed by atoms with Crippen LogP contribution in [0.2, 0.25) is 0 Å². The van der Waals surface area contributed by atoms with Crippen molar-refractivity contribution in [3.63, 3.8) is 0 Å². The molecule has 6 heteroatoms. The summed E-state index contributed by atoms with van der Waals surface area (Å²) < 4.78 is 5.00. The van der Waals surface area contributed by atoms with Crippen molar-refractivity contribution in [3.8, 4) is 0 Å². The molecule has 0 fully saturated rings. The fourth-order valence-corrected chi connectivity index (χ4v) is 1.35. The molecule has 0 saturated carbocycles. The number of rotatable bonds is 6. The molecule has 20 heavy (non-hydrogen) atoms. The van der Waals surface area contributed by atoms with E-state index in [0.29, 0.717) is 5.57 Å².